The van der Waals surface area contributed by atoms with Gasteiger partial charge in [-0.1, -0.05) is 0 Å². The van der Waals surface area contributed by atoms with Gasteiger partial charge in [-0.2, -0.15) is 18.3 Å². The monoisotopic (exact) mass is 463 g/mol. The zero-order chi connectivity index (χ0) is 23.4. The summed E-state index contributed by atoms with van der Waals surface area (Å²) in [4.78, 5) is 20.7. The molecule has 0 bridgehead atoms. The number of carbonyl (C=O) groups excluding carboxylic acids is 1. The van der Waals surface area contributed by atoms with Crippen LogP contribution in [0.25, 0.3) is 5.82 Å². The van der Waals surface area contributed by atoms with Gasteiger partial charge in [0.25, 0.3) is 0 Å². The first-order valence-electron chi connectivity index (χ1n) is 10.5. The van der Waals surface area contributed by atoms with Gasteiger partial charge in [-0.3, -0.25) is 14.0 Å². The molecule has 0 aromatic carbocycles. The zero-order valence-electron chi connectivity index (χ0n) is 17.7. The van der Waals surface area contributed by atoms with Gasteiger partial charge in [-0.25, -0.2) is 14.4 Å². The van der Waals surface area contributed by atoms with Gasteiger partial charge in [0.2, 0.25) is 5.91 Å². The molecule has 1 amide bonds. The normalized spacial score (nSPS) is 19.2. The second kappa shape index (κ2) is 7.65. The highest BCUT2D eigenvalue weighted by Gasteiger charge is 2.48. The summed E-state index contributed by atoms with van der Waals surface area (Å²) in [5.74, 6) is -1.30. The van der Waals surface area contributed by atoms with Gasteiger partial charge in [0, 0.05) is 24.5 Å². The summed E-state index contributed by atoms with van der Waals surface area (Å²) in [6, 6.07) is 2.09. The molecule has 3 aromatic heterocycles. The van der Waals surface area contributed by atoms with Crippen molar-refractivity contribution in [2.24, 2.45) is 5.41 Å². The molecule has 1 aliphatic heterocycles. The minimum atomic E-state index is -4.60. The summed E-state index contributed by atoms with van der Waals surface area (Å²) in [7, 11) is 0. The lowest BCUT2D eigenvalue weighted by atomic mass is 10.0. The maximum Gasteiger partial charge on any atom is 0.435 e. The second-order valence-corrected chi connectivity index (χ2v) is 8.75. The first-order valence-corrected chi connectivity index (χ1v) is 10.5. The first-order chi connectivity index (χ1) is 15.6. The minimum Gasteiger partial charge on any atom is -0.323 e. The van der Waals surface area contributed by atoms with E-state index in [9.17, 15) is 22.4 Å². The second-order valence-electron chi connectivity index (χ2n) is 8.75. The minimum absolute atomic E-state index is 0.0311. The number of hydrogen-bond acceptors (Lipinski definition) is 5. The van der Waals surface area contributed by atoms with Crippen LogP contribution in [0.4, 0.5) is 23.2 Å². The van der Waals surface area contributed by atoms with Crippen LogP contribution < -0.4 is 10.6 Å². The van der Waals surface area contributed by atoms with E-state index in [-0.39, 0.29) is 23.2 Å². The summed E-state index contributed by atoms with van der Waals surface area (Å²) >= 11 is 0. The number of aryl methyl sites for hydroxylation is 1. The maximum atomic E-state index is 14.7. The highest BCUT2D eigenvalue weighted by molar-refractivity contribution is 5.90. The van der Waals surface area contributed by atoms with Crippen LogP contribution >= 0.6 is 0 Å². The number of halogens is 4. The molecule has 1 saturated heterocycles. The lowest BCUT2D eigenvalue weighted by molar-refractivity contribution is -0.141. The van der Waals surface area contributed by atoms with Crippen LogP contribution in [0.1, 0.15) is 42.4 Å². The largest absolute Gasteiger partial charge is 0.435 e. The number of amides is 1. The van der Waals surface area contributed by atoms with Gasteiger partial charge in [-0.05, 0) is 37.7 Å². The molecule has 1 saturated carbocycles. The van der Waals surface area contributed by atoms with Crippen LogP contribution in [0.5, 0.6) is 0 Å². The Kier molecular flexibility index (Phi) is 5.00. The van der Waals surface area contributed by atoms with Crippen LogP contribution in [-0.4, -0.2) is 36.8 Å². The van der Waals surface area contributed by atoms with Crippen molar-refractivity contribution in [3.63, 3.8) is 0 Å². The number of carbonyl (C=O) groups is 1. The maximum absolute atomic E-state index is 14.7. The quantitative estimate of drug-likeness (QED) is 0.567. The SMILES string of the molecule is Cc1cc(C(F)(F)F)nn1CC(=O)Nc1cnc(-n2cnc([C@H]3CC4(CC4)CN3)c2)c(F)c1. The smallest absolute Gasteiger partial charge is 0.323 e. The van der Waals surface area contributed by atoms with Gasteiger partial charge in [0.05, 0.1) is 23.6 Å². The van der Waals surface area contributed by atoms with Gasteiger partial charge in [0.1, 0.15) is 12.9 Å². The number of rotatable bonds is 5. The zero-order valence-corrected chi connectivity index (χ0v) is 17.7. The van der Waals surface area contributed by atoms with Crippen molar-refractivity contribution < 1.29 is 22.4 Å². The summed E-state index contributed by atoms with van der Waals surface area (Å²) in [5.41, 5.74) is 0.406. The Morgan fingerprint density at radius 1 is 1.30 bits per heavy atom. The molecule has 1 atom stereocenters. The van der Waals surface area contributed by atoms with Crippen LogP contribution in [0, 0.1) is 18.2 Å². The Morgan fingerprint density at radius 3 is 2.73 bits per heavy atom. The van der Waals surface area contributed by atoms with E-state index in [1.807, 2.05) is 0 Å². The van der Waals surface area contributed by atoms with Crippen LogP contribution in [0.2, 0.25) is 0 Å². The van der Waals surface area contributed by atoms with Crippen molar-refractivity contribution >= 4 is 11.6 Å². The lowest BCUT2D eigenvalue weighted by Gasteiger charge is -2.09. The van der Waals surface area contributed by atoms with E-state index < -0.39 is 30.1 Å². The molecule has 0 unspecified atom stereocenters. The number of hydrogen-bond donors (Lipinski definition) is 2. The molecule has 1 aliphatic carbocycles. The number of anilines is 1. The Morgan fingerprint density at radius 2 is 2.09 bits per heavy atom. The molecule has 33 heavy (non-hydrogen) atoms. The van der Waals surface area contributed by atoms with Crippen molar-refractivity contribution in [3.8, 4) is 5.82 Å². The molecule has 4 heterocycles. The molecule has 2 aliphatic rings. The van der Waals surface area contributed by atoms with E-state index in [1.54, 1.807) is 6.20 Å². The number of nitrogens with one attached hydrogen (secondary N) is 2. The molecule has 3 aromatic rings. The molecular formula is C21H21F4N7O. The summed E-state index contributed by atoms with van der Waals surface area (Å²) in [5, 5.41) is 9.30. The van der Waals surface area contributed by atoms with Gasteiger partial charge in [0.15, 0.2) is 17.3 Å². The molecule has 12 heteroatoms. The first kappa shape index (κ1) is 21.6. The third-order valence-corrected chi connectivity index (χ3v) is 6.19. The van der Waals surface area contributed by atoms with Crippen molar-refractivity contribution in [3.05, 3.63) is 53.8 Å². The number of aromatic nitrogens is 5. The van der Waals surface area contributed by atoms with Crippen molar-refractivity contribution in [2.75, 3.05) is 11.9 Å². The number of alkyl halides is 3. The third kappa shape index (κ3) is 4.34. The molecule has 2 fully saturated rings. The fraction of sp³-hybridized carbons (Fsp3) is 0.429. The Balaban J connectivity index is 1.25. The average Bonchev–Trinajstić information content (AvgIpc) is 3.07. The van der Waals surface area contributed by atoms with E-state index in [4.69, 9.17) is 0 Å². The number of pyridine rings is 1. The van der Waals surface area contributed by atoms with Crippen LogP contribution in [0.15, 0.2) is 30.9 Å². The molecule has 174 valence electrons. The average molecular weight is 463 g/mol. The van der Waals surface area contributed by atoms with Crippen LogP contribution in [-0.2, 0) is 17.5 Å². The van der Waals surface area contributed by atoms with Crippen LogP contribution in [0.3, 0.4) is 0 Å². The highest BCUT2D eigenvalue weighted by Crippen LogP contribution is 2.54. The van der Waals surface area contributed by atoms with Gasteiger partial charge < -0.3 is 10.6 Å². The topological polar surface area (TPSA) is 89.7 Å². The molecule has 2 N–H and O–H groups in total. The molecule has 0 radical (unpaired) electrons. The predicted octanol–water partition coefficient (Wildman–Crippen LogP) is 3.38. The van der Waals surface area contributed by atoms with Gasteiger partial charge in [-0.15, -0.1) is 0 Å². The molecule has 1 spiro atoms. The third-order valence-electron chi connectivity index (χ3n) is 6.19. The molecular weight excluding hydrogens is 442 g/mol. The Labute approximate surface area is 186 Å². The van der Waals surface area contributed by atoms with Gasteiger partial charge >= 0.3 is 6.18 Å². The van der Waals surface area contributed by atoms with Crippen molar-refractivity contribution in [2.45, 2.75) is 44.9 Å². The summed E-state index contributed by atoms with van der Waals surface area (Å²) in [6.45, 7) is 1.93. The van der Waals surface area contributed by atoms with E-state index >= 15 is 0 Å². The molecule has 5 rings (SSSR count). The predicted molar refractivity (Wildman–Crippen MR) is 109 cm³/mol. The lowest BCUT2D eigenvalue weighted by Crippen LogP contribution is -2.21. The Bertz CT molecular complexity index is 1210. The van der Waals surface area contributed by atoms with Crippen molar-refractivity contribution in [1.29, 1.82) is 0 Å². The fourth-order valence-corrected chi connectivity index (χ4v) is 4.15. The molecule has 8 nitrogen and oxygen atoms in total. The fourth-order valence-electron chi connectivity index (χ4n) is 4.15. The van der Waals surface area contributed by atoms with E-state index in [0.717, 1.165) is 35.5 Å². The van der Waals surface area contributed by atoms with E-state index in [0.29, 0.717) is 5.41 Å². The Hall–Kier alpha value is -3.28. The van der Waals surface area contributed by atoms with E-state index in [1.165, 1.54) is 36.9 Å². The highest BCUT2D eigenvalue weighted by atomic mass is 19.4. The standard InChI is InChI=1S/C21H21F4N7O/c1-12-4-17(21(23,24)25)30-32(12)9-18(33)29-13-5-14(22)19(26-7-13)31-8-16(28-11-31)15-6-20(2-3-20)10-27-15/h4-5,7-8,11,15,27H,2-3,6,9-10H2,1H3,(H,29,33)/t15-/m1/s1. The number of nitrogens with zero attached hydrogens (tertiary/aromatic N) is 5. The number of imidazole rings is 1. The van der Waals surface area contributed by atoms with E-state index in [2.05, 4.69) is 25.7 Å². The summed E-state index contributed by atoms with van der Waals surface area (Å²) in [6.07, 6.45) is 3.38. The van der Waals surface area contributed by atoms with Crippen molar-refractivity contribution in [1.82, 2.24) is 29.6 Å². The summed E-state index contributed by atoms with van der Waals surface area (Å²) < 4.78 is 55.5.